The fourth-order valence-electron chi connectivity index (χ4n) is 0. The van der Waals surface area contributed by atoms with E-state index >= 15 is 0 Å². The third-order valence-corrected chi connectivity index (χ3v) is 0. The lowest BCUT2D eigenvalue weighted by molar-refractivity contribution is 0.278. The topological polar surface area (TPSA) is 60.7 Å². The van der Waals surface area contributed by atoms with Gasteiger partial charge in [-0.1, -0.05) is 0 Å². The molecule has 0 radical (unpaired) electrons. The zero-order chi connectivity index (χ0) is 3.58. The van der Waals surface area contributed by atoms with Crippen LogP contribution < -0.4 is 0 Å². The Labute approximate surface area is 52.7 Å². The normalized spacial score (nSPS) is 4.50. The number of rotatable bonds is 0. The van der Waals surface area contributed by atoms with Crippen LogP contribution in [0.4, 0.5) is 0 Å². The minimum atomic E-state index is -2.17. The van der Waals surface area contributed by atoms with Crippen LogP contribution >= 0.6 is 12.4 Å². The van der Waals surface area contributed by atoms with Crippen LogP contribution in [0.5, 0.6) is 0 Å². The van der Waals surface area contributed by atoms with E-state index < -0.39 is 7.32 Å². The number of halogens is 1. The van der Waals surface area contributed by atoms with E-state index in [-0.39, 0.29) is 29.8 Å². The highest BCUT2D eigenvalue weighted by Gasteiger charge is 1.92. The summed E-state index contributed by atoms with van der Waals surface area (Å²) in [7, 11) is -2.17. The molecule has 0 saturated heterocycles. The fourth-order valence-corrected chi connectivity index (χ4v) is 0. The van der Waals surface area contributed by atoms with Crippen LogP contribution in [-0.2, 0) is 0 Å². The van der Waals surface area contributed by atoms with Gasteiger partial charge >= 0.3 is 7.32 Å². The summed E-state index contributed by atoms with van der Waals surface area (Å²) in [6, 6.07) is 0. The summed E-state index contributed by atoms with van der Waals surface area (Å²) in [6.45, 7) is 0. The van der Waals surface area contributed by atoms with Gasteiger partial charge in [0.2, 0.25) is 0 Å². The van der Waals surface area contributed by atoms with E-state index in [1.165, 1.54) is 0 Å². The monoisotopic (exact) mass is 128 g/mol. The lowest BCUT2D eigenvalue weighted by Gasteiger charge is -1.69. The Morgan fingerprint density at radius 3 is 1.00 bits per heavy atom. The van der Waals surface area contributed by atoms with E-state index in [2.05, 4.69) is 0 Å². The predicted molar refractivity (Wildman–Crippen MR) is 29.6 cm³/mol. The summed E-state index contributed by atoms with van der Waals surface area (Å²) in [6.07, 6.45) is 0. The summed E-state index contributed by atoms with van der Waals surface area (Å²) >= 11 is 0. The summed E-state index contributed by atoms with van der Waals surface area (Å²) in [5.74, 6) is 0. The molecule has 0 fully saturated rings. The highest BCUT2D eigenvalue weighted by atomic mass is 35.5. The van der Waals surface area contributed by atoms with Crippen LogP contribution in [0.15, 0.2) is 0 Å². The zero-order valence-corrected chi connectivity index (χ0v) is 3.14. The van der Waals surface area contributed by atoms with Gasteiger partial charge in [0.15, 0.2) is 17.4 Å². The van der Waals surface area contributed by atoms with Crippen molar-refractivity contribution < 1.29 is 15.1 Å². The first-order valence-electron chi connectivity index (χ1n) is 0.775. The van der Waals surface area contributed by atoms with Gasteiger partial charge in [-0.15, -0.1) is 12.4 Å². The molecule has 0 spiro atoms. The largest absolute Gasteiger partial charge is 0.631 e. The van der Waals surface area contributed by atoms with Gasteiger partial charge in [-0.2, -0.15) is 0 Å². The van der Waals surface area contributed by atoms with Gasteiger partial charge in [0, 0.05) is 0 Å². The van der Waals surface area contributed by atoms with Crippen molar-refractivity contribution >= 4 is 37.1 Å². The lowest BCUT2D eigenvalue weighted by atomic mass is 10.3. The second-order valence-electron chi connectivity index (χ2n) is 0.346. The molecule has 0 amide bonds. The molecule has 0 rings (SSSR count). The first-order valence-corrected chi connectivity index (χ1v) is 0.775. The Balaban J connectivity index is -0.0000000450. The lowest BCUT2D eigenvalue weighted by Crippen LogP contribution is -2.07. The van der Waals surface area contributed by atoms with E-state index in [9.17, 15) is 0 Å². The first kappa shape index (κ1) is 15.9. The quantitative estimate of drug-likeness (QED) is 0.309. The average molecular weight is 128 g/mol. The minimum Gasteiger partial charge on any atom is -0.402 e. The molecule has 0 aromatic carbocycles. The number of hydrogen-bond acceptors (Lipinski definition) is 3. The van der Waals surface area contributed by atoms with E-state index in [0.29, 0.717) is 0 Å². The van der Waals surface area contributed by atoms with E-state index in [1.807, 2.05) is 0 Å². The molecule has 0 bridgehead atoms. The molecule has 3 nitrogen and oxygen atoms in total. The molecule has 0 aliphatic carbocycles. The second kappa shape index (κ2) is 9.24. The van der Waals surface area contributed by atoms with Crippen molar-refractivity contribution in [3.8, 4) is 0 Å². The molecule has 0 heterocycles. The van der Waals surface area contributed by atoms with Gasteiger partial charge in [0.25, 0.3) is 0 Å². The van der Waals surface area contributed by atoms with Gasteiger partial charge in [0.05, 0.1) is 0 Å². The van der Waals surface area contributed by atoms with Crippen LogP contribution in [0.25, 0.3) is 0 Å². The van der Waals surface area contributed by atoms with Gasteiger partial charge in [-0.25, -0.2) is 0 Å². The summed E-state index contributed by atoms with van der Waals surface area (Å²) in [5, 5.41) is 21.5. The highest BCUT2D eigenvalue weighted by Crippen LogP contribution is 1.40. The third kappa shape index (κ3) is 115. The van der Waals surface area contributed by atoms with Crippen LogP contribution in [-0.4, -0.2) is 39.8 Å². The molecular formula is H7AlBClO3. The van der Waals surface area contributed by atoms with Crippen LogP contribution in [0.1, 0.15) is 0 Å². The third-order valence-electron chi connectivity index (χ3n) is 0. The van der Waals surface area contributed by atoms with Crippen molar-refractivity contribution in [1.82, 2.24) is 0 Å². The Morgan fingerprint density at radius 1 is 1.00 bits per heavy atom. The van der Waals surface area contributed by atoms with Crippen molar-refractivity contribution in [1.29, 1.82) is 0 Å². The summed E-state index contributed by atoms with van der Waals surface area (Å²) < 4.78 is 0. The Hall–Kier alpha value is 0.767. The van der Waals surface area contributed by atoms with Crippen LogP contribution in [0.2, 0.25) is 0 Å². The Kier molecular flexibility index (Phi) is 24.4. The van der Waals surface area contributed by atoms with Crippen LogP contribution in [0, 0.1) is 0 Å². The van der Waals surface area contributed by atoms with E-state index in [4.69, 9.17) is 15.1 Å². The Morgan fingerprint density at radius 2 is 1.00 bits per heavy atom. The van der Waals surface area contributed by atoms with E-state index in [1.54, 1.807) is 0 Å². The number of hydrogen-bond donors (Lipinski definition) is 3. The van der Waals surface area contributed by atoms with Crippen molar-refractivity contribution in [2.24, 2.45) is 0 Å². The molecule has 0 aliphatic heterocycles. The molecular weight excluding hydrogens is 121 g/mol. The average Bonchev–Trinajstić information content (AvgIpc) is 0.811. The maximum atomic E-state index is 7.17. The molecule has 38 valence electrons. The maximum Gasteiger partial charge on any atom is 0.631 e. The van der Waals surface area contributed by atoms with Gasteiger partial charge < -0.3 is 15.1 Å². The predicted octanol–water partition coefficient (Wildman–Crippen LogP) is -2.81. The van der Waals surface area contributed by atoms with E-state index in [0.717, 1.165) is 0 Å². The molecule has 0 atom stereocenters. The van der Waals surface area contributed by atoms with Gasteiger partial charge in [0.1, 0.15) is 0 Å². The van der Waals surface area contributed by atoms with Crippen LogP contribution in [0.3, 0.4) is 0 Å². The van der Waals surface area contributed by atoms with Gasteiger partial charge in [-0.05, 0) is 0 Å². The van der Waals surface area contributed by atoms with Crippen molar-refractivity contribution in [3.05, 3.63) is 0 Å². The Bertz CT molecular complexity index is 15.5. The maximum absolute atomic E-state index is 7.17. The molecule has 3 N–H and O–H groups in total. The molecule has 0 aromatic rings. The van der Waals surface area contributed by atoms with Crippen molar-refractivity contribution in [2.45, 2.75) is 0 Å². The first-order chi connectivity index (χ1) is 1.73. The smallest absolute Gasteiger partial charge is 0.402 e. The fraction of sp³-hybridized carbons (Fsp3) is 0. The molecule has 0 saturated carbocycles. The minimum absolute atomic E-state index is 0. The van der Waals surface area contributed by atoms with Crippen molar-refractivity contribution in [3.63, 3.8) is 0 Å². The molecule has 0 unspecified atom stereocenters. The standard InChI is InChI=1S/Al.BH3O3.ClH.3H/c;2-1(3)4;;;;/h;2-4H;1H;;;. The highest BCUT2D eigenvalue weighted by molar-refractivity contribution is 6.30. The summed E-state index contributed by atoms with van der Waals surface area (Å²) in [4.78, 5) is 0. The van der Waals surface area contributed by atoms with Crippen molar-refractivity contribution in [2.75, 3.05) is 0 Å². The summed E-state index contributed by atoms with van der Waals surface area (Å²) in [5.41, 5.74) is 0. The van der Waals surface area contributed by atoms with Gasteiger partial charge in [-0.3, -0.25) is 0 Å². The SMILES string of the molecule is Cl.OB(O)O.[AlH3]. The molecule has 6 heteroatoms. The second-order valence-corrected chi connectivity index (χ2v) is 0.346. The zero-order valence-electron chi connectivity index (χ0n) is 2.33. The molecule has 6 heavy (non-hydrogen) atoms. The molecule has 0 aromatic heterocycles. The molecule has 0 aliphatic rings.